The lowest BCUT2D eigenvalue weighted by Gasteiger charge is -2.18. The van der Waals surface area contributed by atoms with Gasteiger partial charge in [-0.05, 0) is 103 Å². The van der Waals surface area contributed by atoms with E-state index in [1.165, 1.54) is 128 Å². The van der Waals surface area contributed by atoms with Gasteiger partial charge in [0.2, 0.25) is 5.91 Å². The molecule has 0 aliphatic rings. The first kappa shape index (κ1) is 57.1. The minimum absolute atomic E-state index is 0.00530. The average Bonchev–Trinajstić information content (AvgIpc) is 3.24. The van der Waals surface area contributed by atoms with Crippen LogP contribution in [0.1, 0.15) is 251 Å². The Balaban J connectivity index is 4.12. The Morgan fingerprint density at radius 2 is 0.817 bits per heavy atom. The number of carboxylic acid groups (broad SMARTS) is 1. The van der Waals surface area contributed by atoms with Crippen LogP contribution in [0.15, 0.2) is 60.8 Å². The molecule has 0 aliphatic carbocycles. The Labute approximate surface area is 371 Å². The number of amides is 1. The van der Waals surface area contributed by atoms with Gasteiger partial charge in [0, 0.05) is 12.8 Å². The number of allylic oxidation sites excluding steroid dienone is 10. The van der Waals surface area contributed by atoms with Crippen molar-refractivity contribution in [2.75, 3.05) is 6.54 Å². The third kappa shape index (κ3) is 47.8. The molecule has 0 fully saturated rings. The van der Waals surface area contributed by atoms with Crippen molar-refractivity contribution in [1.29, 1.82) is 0 Å². The fourth-order valence-corrected chi connectivity index (χ4v) is 7.44. The van der Waals surface area contributed by atoms with Crippen molar-refractivity contribution in [2.24, 2.45) is 0 Å². The highest BCUT2D eigenvalue weighted by Gasteiger charge is 2.14. The highest BCUT2D eigenvalue weighted by molar-refractivity contribution is 5.80. The van der Waals surface area contributed by atoms with Crippen molar-refractivity contribution in [1.82, 2.24) is 5.32 Å². The molecular formula is C54H95NO5. The Hall–Kier alpha value is -2.89. The number of hydrogen-bond acceptors (Lipinski definition) is 4. The molecule has 0 saturated carbocycles. The summed E-state index contributed by atoms with van der Waals surface area (Å²) >= 11 is 0. The fraction of sp³-hybridized carbons (Fsp3) is 0.759. The smallest absolute Gasteiger partial charge is 0.322 e. The molecule has 0 radical (unpaired) electrons. The summed E-state index contributed by atoms with van der Waals surface area (Å²) in [5.41, 5.74) is 0. The van der Waals surface area contributed by atoms with Gasteiger partial charge in [-0.25, -0.2) is 0 Å². The van der Waals surface area contributed by atoms with Crippen LogP contribution in [0.5, 0.6) is 0 Å². The van der Waals surface area contributed by atoms with Crippen LogP contribution in [-0.2, 0) is 19.1 Å². The van der Waals surface area contributed by atoms with Gasteiger partial charge in [0.05, 0.1) is 0 Å². The van der Waals surface area contributed by atoms with E-state index in [9.17, 15) is 14.4 Å². The molecule has 0 spiro atoms. The molecule has 346 valence electrons. The quantitative estimate of drug-likeness (QED) is 0.0362. The monoisotopic (exact) mass is 838 g/mol. The lowest BCUT2D eigenvalue weighted by atomic mass is 10.0. The highest BCUT2D eigenvalue weighted by Crippen LogP contribution is 2.19. The first-order valence-corrected chi connectivity index (χ1v) is 25.4. The molecule has 6 heteroatoms. The summed E-state index contributed by atoms with van der Waals surface area (Å²) in [5, 5.41) is 11.1. The van der Waals surface area contributed by atoms with Gasteiger partial charge in [-0.2, -0.15) is 0 Å². The average molecular weight is 838 g/mol. The van der Waals surface area contributed by atoms with E-state index in [1.54, 1.807) is 0 Å². The van der Waals surface area contributed by atoms with Gasteiger partial charge >= 0.3 is 11.9 Å². The fourth-order valence-electron chi connectivity index (χ4n) is 7.44. The number of carbonyl (C=O) groups is 3. The third-order valence-electron chi connectivity index (χ3n) is 11.2. The molecule has 0 aromatic rings. The minimum Gasteiger partial charge on any atom is -0.480 e. The first-order valence-electron chi connectivity index (χ1n) is 25.4. The van der Waals surface area contributed by atoms with Crippen molar-refractivity contribution in [3.05, 3.63) is 60.8 Å². The molecule has 1 atom stereocenters. The van der Waals surface area contributed by atoms with E-state index >= 15 is 0 Å². The Morgan fingerprint density at radius 1 is 0.450 bits per heavy atom. The third-order valence-corrected chi connectivity index (χ3v) is 11.2. The number of ether oxygens (including phenoxy) is 1. The number of carbonyl (C=O) groups excluding carboxylic acids is 2. The molecule has 0 aromatic heterocycles. The summed E-state index contributed by atoms with van der Waals surface area (Å²) in [6, 6.07) is 0. The number of rotatable bonds is 46. The van der Waals surface area contributed by atoms with Crippen molar-refractivity contribution in [3.8, 4) is 0 Å². The zero-order valence-electron chi connectivity index (χ0n) is 39.3. The molecule has 6 nitrogen and oxygen atoms in total. The summed E-state index contributed by atoms with van der Waals surface area (Å²) in [4.78, 5) is 35.2. The molecule has 0 aliphatic heterocycles. The number of esters is 1. The topological polar surface area (TPSA) is 92.7 Å². The molecule has 1 amide bonds. The van der Waals surface area contributed by atoms with Crippen LogP contribution in [0.3, 0.4) is 0 Å². The molecule has 0 heterocycles. The Morgan fingerprint density at radius 3 is 1.28 bits per heavy atom. The lowest BCUT2D eigenvalue weighted by Crippen LogP contribution is -2.28. The number of carboxylic acids is 1. The van der Waals surface area contributed by atoms with E-state index in [-0.39, 0.29) is 24.5 Å². The van der Waals surface area contributed by atoms with Crippen molar-refractivity contribution in [3.63, 3.8) is 0 Å². The van der Waals surface area contributed by atoms with Crippen LogP contribution in [-0.4, -0.2) is 35.6 Å². The van der Waals surface area contributed by atoms with E-state index < -0.39 is 5.97 Å². The van der Waals surface area contributed by atoms with E-state index in [1.807, 2.05) is 0 Å². The minimum atomic E-state index is -1.02. The van der Waals surface area contributed by atoms with Gasteiger partial charge in [-0.1, -0.05) is 197 Å². The van der Waals surface area contributed by atoms with Crippen LogP contribution >= 0.6 is 0 Å². The van der Waals surface area contributed by atoms with Crippen LogP contribution in [0.2, 0.25) is 0 Å². The number of nitrogens with one attached hydrogen (secondary N) is 1. The molecule has 0 saturated heterocycles. The van der Waals surface area contributed by atoms with Crippen molar-refractivity contribution < 1.29 is 24.2 Å². The molecular weight excluding hydrogens is 743 g/mol. The van der Waals surface area contributed by atoms with Crippen LogP contribution < -0.4 is 5.32 Å². The van der Waals surface area contributed by atoms with Gasteiger partial charge in [0.1, 0.15) is 12.6 Å². The van der Waals surface area contributed by atoms with Crippen molar-refractivity contribution >= 4 is 17.8 Å². The van der Waals surface area contributed by atoms with E-state index in [0.29, 0.717) is 12.8 Å². The molecule has 0 bridgehead atoms. The summed E-state index contributed by atoms with van der Waals surface area (Å²) in [6.07, 6.45) is 65.0. The molecule has 60 heavy (non-hydrogen) atoms. The maximum Gasteiger partial charge on any atom is 0.322 e. The van der Waals surface area contributed by atoms with E-state index in [0.717, 1.165) is 96.3 Å². The number of hydrogen-bond donors (Lipinski definition) is 2. The zero-order chi connectivity index (χ0) is 43.7. The second kappa shape index (κ2) is 48.8. The SMILES string of the molecule is CC/C=C\C/C=C\C/C=C\C/C=C\CCCCCCCCCCCCC(=O)OC(CCCCC/C=C\CCCCCCCCCC)CCCCCCCC(=O)NCC(=O)O. The second-order valence-electron chi connectivity index (χ2n) is 17.0. The van der Waals surface area contributed by atoms with E-state index in [4.69, 9.17) is 9.84 Å². The van der Waals surface area contributed by atoms with Gasteiger partial charge in [0.15, 0.2) is 0 Å². The summed E-state index contributed by atoms with van der Waals surface area (Å²) in [6.45, 7) is 4.13. The zero-order valence-corrected chi connectivity index (χ0v) is 39.3. The summed E-state index contributed by atoms with van der Waals surface area (Å²) in [7, 11) is 0. The Kier molecular flexibility index (Phi) is 46.4. The summed E-state index contributed by atoms with van der Waals surface area (Å²) < 4.78 is 6.06. The van der Waals surface area contributed by atoms with Crippen LogP contribution in [0, 0.1) is 0 Å². The molecule has 2 N–H and O–H groups in total. The second-order valence-corrected chi connectivity index (χ2v) is 17.0. The van der Waals surface area contributed by atoms with Gasteiger partial charge in [-0.15, -0.1) is 0 Å². The predicted octanol–water partition coefficient (Wildman–Crippen LogP) is 16.4. The normalized spacial score (nSPS) is 12.6. The number of unbranched alkanes of at least 4 members (excludes halogenated alkanes) is 25. The highest BCUT2D eigenvalue weighted by atomic mass is 16.5. The van der Waals surface area contributed by atoms with Gasteiger partial charge in [0.25, 0.3) is 0 Å². The number of aliphatic carboxylic acids is 1. The predicted molar refractivity (Wildman–Crippen MR) is 258 cm³/mol. The van der Waals surface area contributed by atoms with Gasteiger partial charge in [-0.3, -0.25) is 14.4 Å². The largest absolute Gasteiger partial charge is 0.480 e. The summed E-state index contributed by atoms with van der Waals surface area (Å²) in [5.74, 6) is -1.24. The van der Waals surface area contributed by atoms with Crippen LogP contribution in [0.4, 0.5) is 0 Å². The lowest BCUT2D eigenvalue weighted by molar-refractivity contribution is -0.150. The van der Waals surface area contributed by atoms with Crippen molar-refractivity contribution in [2.45, 2.75) is 258 Å². The standard InChI is InChI=1S/C54H95NO5/c1-3-5-7-9-11-13-15-17-19-20-21-22-23-24-25-26-28-30-32-34-36-41-45-49-54(59)60-51(47-43-39-37-40-44-48-52(56)55-50-53(57)58)46-42-38-35-33-31-29-27-18-16-14-12-10-8-6-4-2/h5,7,11,13,17,19,21-22,29,31,51H,3-4,6,8-10,12,14-16,18,20,23-28,30,32-50H2,1-2H3,(H,55,56)(H,57,58)/b7-5-,13-11-,19-17-,22-21-,31-29-. The van der Waals surface area contributed by atoms with E-state index in [2.05, 4.69) is 79.9 Å². The molecule has 1 unspecified atom stereocenters. The van der Waals surface area contributed by atoms with Gasteiger partial charge < -0.3 is 15.2 Å². The molecule has 0 rings (SSSR count). The van der Waals surface area contributed by atoms with Crippen LogP contribution in [0.25, 0.3) is 0 Å². The molecule has 0 aromatic carbocycles. The Bertz CT molecular complexity index is 1110. The maximum absolute atomic E-state index is 12.8. The first-order chi connectivity index (χ1) is 29.5. The maximum atomic E-state index is 12.8.